The maximum atomic E-state index is 11.4. The minimum Gasteiger partial charge on any atom is -0.305 e. The highest BCUT2D eigenvalue weighted by atomic mass is 32.2. The van der Waals surface area contributed by atoms with Gasteiger partial charge in [0.05, 0.1) is 4.90 Å². The molecule has 21 heavy (non-hydrogen) atoms. The van der Waals surface area contributed by atoms with Crippen LogP contribution in [0.3, 0.4) is 0 Å². The molecule has 0 amide bonds. The fourth-order valence-electron chi connectivity index (χ4n) is 2.48. The molecule has 1 atom stereocenters. The van der Waals surface area contributed by atoms with Gasteiger partial charge in [-0.05, 0) is 47.9 Å². The predicted molar refractivity (Wildman–Crippen MR) is 86.2 cm³/mol. The SMILES string of the molecule is CS(=O)(=O)c1ccc(CNC(c2cccs2)C2CC2)cc1. The van der Waals surface area contributed by atoms with Gasteiger partial charge in [0.25, 0.3) is 0 Å². The number of benzene rings is 1. The summed E-state index contributed by atoms with van der Waals surface area (Å²) in [5, 5.41) is 5.74. The molecular weight excluding hydrogens is 302 g/mol. The van der Waals surface area contributed by atoms with Crippen molar-refractivity contribution in [3.63, 3.8) is 0 Å². The summed E-state index contributed by atoms with van der Waals surface area (Å²) in [6, 6.07) is 11.9. The van der Waals surface area contributed by atoms with Gasteiger partial charge in [-0.25, -0.2) is 8.42 Å². The van der Waals surface area contributed by atoms with Crippen molar-refractivity contribution in [2.45, 2.75) is 30.3 Å². The molecule has 0 aliphatic heterocycles. The average Bonchev–Trinajstić information content (AvgIpc) is 3.13. The molecule has 5 heteroatoms. The zero-order valence-electron chi connectivity index (χ0n) is 12.0. The van der Waals surface area contributed by atoms with E-state index in [0.717, 1.165) is 18.0 Å². The average molecular weight is 321 g/mol. The quantitative estimate of drug-likeness (QED) is 0.887. The van der Waals surface area contributed by atoms with Gasteiger partial charge in [-0.3, -0.25) is 0 Å². The van der Waals surface area contributed by atoms with Gasteiger partial charge < -0.3 is 5.32 Å². The lowest BCUT2D eigenvalue weighted by molar-refractivity contribution is 0.487. The summed E-state index contributed by atoms with van der Waals surface area (Å²) in [6.07, 6.45) is 3.82. The third kappa shape index (κ3) is 3.73. The Morgan fingerprint density at radius 2 is 1.95 bits per heavy atom. The molecule has 1 unspecified atom stereocenters. The molecule has 0 bridgehead atoms. The fourth-order valence-corrected chi connectivity index (χ4v) is 4.00. The fraction of sp³-hybridized carbons (Fsp3) is 0.375. The van der Waals surface area contributed by atoms with Gasteiger partial charge in [0.15, 0.2) is 9.84 Å². The maximum absolute atomic E-state index is 11.4. The van der Waals surface area contributed by atoms with Crippen molar-refractivity contribution in [3.05, 3.63) is 52.2 Å². The summed E-state index contributed by atoms with van der Waals surface area (Å²) >= 11 is 1.80. The van der Waals surface area contributed by atoms with Crippen LogP contribution in [0.1, 0.15) is 29.3 Å². The lowest BCUT2D eigenvalue weighted by Gasteiger charge is -2.17. The summed E-state index contributed by atoms with van der Waals surface area (Å²) < 4.78 is 22.9. The topological polar surface area (TPSA) is 46.2 Å². The molecule has 3 rings (SSSR count). The van der Waals surface area contributed by atoms with Gasteiger partial charge in [-0.2, -0.15) is 0 Å². The standard InChI is InChI=1S/C16H19NO2S2/c1-21(18,19)14-8-4-12(5-9-14)11-17-16(13-6-7-13)15-3-2-10-20-15/h2-5,8-10,13,16-17H,6-7,11H2,1H3. The smallest absolute Gasteiger partial charge is 0.175 e. The van der Waals surface area contributed by atoms with Crippen LogP contribution in [0.5, 0.6) is 0 Å². The first kappa shape index (κ1) is 14.8. The maximum Gasteiger partial charge on any atom is 0.175 e. The zero-order valence-corrected chi connectivity index (χ0v) is 13.6. The van der Waals surface area contributed by atoms with Crippen LogP contribution in [0, 0.1) is 5.92 Å². The monoisotopic (exact) mass is 321 g/mol. The largest absolute Gasteiger partial charge is 0.305 e. The third-order valence-corrected chi connectivity index (χ3v) is 5.90. The summed E-state index contributed by atoms with van der Waals surface area (Å²) in [5.74, 6) is 0.749. The molecule has 1 N–H and O–H groups in total. The van der Waals surface area contributed by atoms with Crippen molar-refractivity contribution < 1.29 is 8.42 Å². The van der Waals surface area contributed by atoms with E-state index in [1.54, 1.807) is 23.5 Å². The Bertz CT molecular complexity index is 686. The van der Waals surface area contributed by atoms with Gasteiger partial charge in [-0.15, -0.1) is 11.3 Å². The van der Waals surface area contributed by atoms with Gasteiger partial charge >= 0.3 is 0 Å². The van der Waals surface area contributed by atoms with E-state index in [1.165, 1.54) is 24.0 Å². The van der Waals surface area contributed by atoms with Crippen LogP contribution in [-0.2, 0) is 16.4 Å². The highest BCUT2D eigenvalue weighted by Gasteiger charge is 2.32. The molecule has 1 saturated carbocycles. The van der Waals surface area contributed by atoms with E-state index >= 15 is 0 Å². The Hall–Kier alpha value is -1.17. The van der Waals surface area contributed by atoms with Crippen LogP contribution in [0.4, 0.5) is 0 Å². The molecule has 0 saturated heterocycles. The zero-order chi connectivity index (χ0) is 14.9. The van der Waals surface area contributed by atoms with Crippen molar-refractivity contribution in [2.24, 2.45) is 5.92 Å². The molecule has 1 aromatic heterocycles. The number of nitrogens with one attached hydrogen (secondary N) is 1. The predicted octanol–water partition coefficient (Wildman–Crippen LogP) is 3.39. The van der Waals surface area contributed by atoms with Crippen LogP contribution in [0.25, 0.3) is 0 Å². The second-order valence-corrected chi connectivity index (χ2v) is 8.62. The van der Waals surface area contributed by atoms with E-state index in [4.69, 9.17) is 0 Å². The number of hydrogen-bond acceptors (Lipinski definition) is 4. The number of rotatable bonds is 6. The number of sulfone groups is 1. The minimum atomic E-state index is -3.11. The molecule has 3 nitrogen and oxygen atoms in total. The Balaban J connectivity index is 1.66. The number of thiophene rings is 1. The number of hydrogen-bond donors (Lipinski definition) is 1. The lowest BCUT2D eigenvalue weighted by atomic mass is 10.1. The molecule has 0 spiro atoms. The van der Waals surface area contributed by atoms with Gasteiger partial charge in [0.2, 0.25) is 0 Å². The van der Waals surface area contributed by atoms with Crippen LogP contribution < -0.4 is 5.32 Å². The first-order chi connectivity index (χ1) is 10.0. The summed E-state index contributed by atoms with van der Waals surface area (Å²) in [6.45, 7) is 0.767. The summed E-state index contributed by atoms with van der Waals surface area (Å²) in [4.78, 5) is 1.77. The molecule has 112 valence electrons. The normalized spacial score (nSPS) is 16.8. The Morgan fingerprint density at radius 1 is 1.24 bits per heavy atom. The molecule has 1 heterocycles. The van der Waals surface area contributed by atoms with Gasteiger partial charge in [0.1, 0.15) is 0 Å². The van der Waals surface area contributed by atoms with Crippen LogP contribution >= 0.6 is 11.3 Å². The van der Waals surface area contributed by atoms with E-state index in [0.29, 0.717) is 10.9 Å². The van der Waals surface area contributed by atoms with E-state index in [-0.39, 0.29) is 0 Å². The Labute approximate surface area is 129 Å². The highest BCUT2D eigenvalue weighted by Crippen LogP contribution is 2.42. The first-order valence-corrected chi connectivity index (χ1v) is 9.87. The molecular formula is C16H19NO2S2. The van der Waals surface area contributed by atoms with Crippen LogP contribution in [-0.4, -0.2) is 14.7 Å². The molecule has 1 aliphatic carbocycles. The molecule has 1 aliphatic rings. The van der Waals surface area contributed by atoms with E-state index in [2.05, 4.69) is 22.8 Å². The Morgan fingerprint density at radius 3 is 2.48 bits per heavy atom. The minimum absolute atomic E-state index is 0.378. The lowest BCUT2D eigenvalue weighted by Crippen LogP contribution is -2.21. The highest BCUT2D eigenvalue weighted by molar-refractivity contribution is 7.90. The third-order valence-electron chi connectivity index (χ3n) is 3.82. The molecule has 1 fully saturated rings. The second-order valence-electron chi connectivity index (χ2n) is 5.63. The van der Waals surface area contributed by atoms with Gasteiger partial charge in [-0.1, -0.05) is 18.2 Å². The van der Waals surface area contributed by atoms with Crippen molar-refractivity contribution >= 4 is 21.2 Å². The Kier molecular flexibility index (Phi) is 4.15. The van der Waals surface area contributed by atoms with Crippen molar-refractivity contribution in [1.29, 1.82) is 0 Å². The van der Waals surface area contributed by atoms with Gasteiger partial charge in [0, 0.05) is 23.7 Å². The van der Waals surface area contributed by atoms with E-state index < -0.39 is 9.84 Å². The summed E-state index contributed by atoms with van der Waals surface area (Å²) in [7, 11) is -3.11. The van der Waals surface area contributed by atoms with Crippen LogP contribution in [0.15, 0.2) is 46.7 Å². The second kappa shape index (κ2) is 5.91. The summed E-state index contributed by atoms with van der Waals surface area (Å²) in [5.41, 5.74) is 1.12. The van der Waals surface area contributed by atoms with Crippen LogP contribution in [0.2, 0.25) is 0 Å². The van der Waals surface area contributed by atoms with E-state index in [9.17, 15) is 8.42 Å². The first-order valence-electron chi connectivity index (χ1n) is 7.10. The van der Waals surface area contributed by atoms with E-state index in [1.807, 2.05) is 12.1 Å². The van der Waals surface area contributed by atoms with Crippen molar-refractivity contribution in [1.82, 2.24) is 5.32 Å². The molecule has 1 aromatic carbocycles. The van der Waals surface area contributed by atoms with Crippen molar-refractivity contribution in [2.75, 3.05) is 6.26 Å². The molecule has 2 aromatic rings. The van der Waals surface area contributed by atoms with Crippen molar-refractivity contribution in [3.8, 4) is 0 Å². The molecule has 0 radical (unpaired) electrons.